The van der Waals surface area contributed by atoms with Gasteiger partial charge in [-0.2, -0.15) is 0 Å². The number of carbonyl (C=O) groups is 1. The highest BCUT2D eigenvalue weighted by atomic mass is 32.1. The molecular formula is C20H20FN3O3S. The molecule has 0 radical (unpaired) electrons. The van der Waals surface area contributed by atoms with Gasteiger partial charge in [0.2, 0.25) is 5.91 Å². The van der Waals surface area contributed by atoms with Gasteiger partial charge in [-0.3, -0.25) is 14.2 Å². The number of rotatable bonds is 4. The molecule has 1 aromatic carbocycles. The van der Waals surface area contributed by atoms with E-state index < -0.39 is 17.1 Å². The molecule has 8 heteroatoms. The number of fused-ring (bicyclic) bond motifs is 1. The van der Waals surface area contributed by atoms with Crippen molar-refractivity contribution >= 4 is 27.5 Å². The Kier molecular flexibility index (Phi) is 4.89. The number of halogens is 1. The molecule has 2 heterocycles. The maximum atomic E-state index is 13.5. The predicted molar refractivity (Wildman–Crippen MR) is 107 cm³/mol. The highest BCUT2D eigenvalue weighted by Crippen LogP contribution is 2.19. The summed E-state index contributed by atoms with van der Waals surface area (Å²) in [7, 11) is 0. The van der Waals surface area contributed by atoms with E-state index in [-0.39, 0.29) is 18.5 Å². The molecule has 0 spiro atoms. The van der Waals surface area contributed by atoms with Gasteiger partial charge in [0.05, 0.1) is 11.2 Å². The van der Waals surface area contributed by atoms with Gasteiger partial charge >= 0.3 is 5.69 Å². The van der Waals surface area contributed by atoms with Crippen LogP contribution in [0.25, 0.3) is 15.9 Å². The van der Waals surface area contributed by atoms with Gasteiger partial charge in [0.15, 0.2) is 0 Å². The summed E-state index contributed by atoms with van der Waals surface area (Å²) in [6.07, 6.45) is 4.08. The van der Waals surface area contributed by atoms with Gasteiger partial charge in [0, 0.05) is 6.04 Å². The van der Waals surface area contributed by atoms with E-state index in [1.54, 1.807) is 18.4 Å². The summed E-state index contributed by atoms with van der Waals surface area (Å²) >= 11 is 1.22. The molecule has 2 aromatic heterocycles. The second-order valence-corrected chi connectivity index (χ2v) is 8.04. The number of aromatic nitrogens is 2. The standard InChI is InChI=1S/C20H20FN3O3S/c1-12-10-13(21)6-7-15(12)24-19(26)18-16(8-9-28-18)23(20(24)27)11-17(25)22-14-4-2-3-5-14/h6-10,14H,2-5,11H2,1H3,(H,22,25). The van der Waals surface area contributed by atoms with E-state index in [0.717, 1.165) is 30.3 Å². The van der Waals surface area contributed by atoms with E-state index in [1.165, 1.54) is 34.1 Å². The van der Waals surface area contributed by atoms with E-state index in [0.29, 0.717) is 21.5 Å². The monoisotopic (exact) mass is 401 g/mol. The lowest BCUT2D eigenvalue weighted by Crippen LogP contribution is -2.43. The normalized spacial score (nSPS) is 14.6. The van der Waals surface area contributed by atoms with Gasteiger partial charge < -0.3 is 5.32 Å². The Hall–Kier alpha value is -2.74. The van der Waals surface area contributed by atoms with Crippen molar-refractivity contribution in [2.45, 2.75) is 45.2 Å². The smallest absolute Gasteiger partial charge is 0.336 e. The molecule has 3 aromatic rings. The van der Waals surface area contributed by atoms with Crippen molar-refractivity contribution < 1.29 is 9.18 Å². The van der Waals surface area contributed by atoms with Gasteiger partial charge in [-0.05, 0) is 55.0 Å². The van der Waals surface area contributed by atoms with Gasteiger partial charge in [0.1, 0.15) is 17.1 Å². The van der Waals surface area contributed by atoms with Gasteiger partial charge in [-0.25, -0.2) is 13.8 Å². The molecule has 1 amide bonds. The number of aryl methyl sites for hydroxylation is 1. The molecule has 0 saturated heterocycles. The first-order chi connectivity index (χ1) is 13.5. The van der Waals surface area contributed by atoms with E-state index >= 15 is 0 Å². The molecule has 1 aliphatic rings. The van der Waals surface area contributed by atoms with Crippen LogP contribution in [0.5, 0.6) is 0 Å². The second kappa shape index (κ2) is 7.35. The molecule has 1 N–H and O–H groups in total. The van der Waals surface area contributed by atoms with Crippen LogP contribution < -0.4 is 16.6 Å². The molecule has 1 aliphatic carbocycles. The van der Waals surface area contributed by atoms with Crippen LogP contribution in [0.4, 0.5) is 4.39 Å². The van der Waals surface area contributed by atoms with E-state index in [9.17, 15) is 18.8 Å². The van der Waals surface area contributed by atoms with Gasteiger partial charge in [0.25, 0.3) is 5.56 Å². The fourth-order valence-corrected chi connectivity index (χ4v) is 4.63. The van der Waals surface area contributed by atoms with Crippen molar-refractivity contribution in [3.63, 3.8) is 0 Å². The first-order valence-electron chi connectivity index (χ1n) is 9.24. The number of thiophene rings is 1. The summed E-state index contributed by atoms with van der Waals surface area (Å²) in [6.45, 7) is 1.48. The first kappa shape index (κ1) is 18.6. The van der Waals surface area contributed by atoms with Crippen molar-refractivity contribution in [2.24, 2.45) is 0 Å². The SMILES string of the molecule is Cc1cc(F)ccc1-n1c(=O)c2sccc2n(CC(=O)NC2CCCC2)c1=O. The molecule has 1 saturated carbocycles. The summed E-state index contributed by atoms with van der Waals surface area (Å²) in [5.41, 5.74) is 0.163. The Morgan fingerprint density at radius 1 is 1.25 bits per heavy atom. The highest BCUT2D eigenvalue weighted by Gasteiger charge is 2.21. The molecule has 1 fully saturated rings. The second-order valence-electron chi connectivity index (χ2n) is 7.12. The fourth-order valence-electron chi connectivity index (χ4n) is 3.81. The third kappa shape index (κ3) is 3.28. The topological polar surface area (TPSA) is 73.1 Å². The van der Waals surface area contributed by atoms with Gasteiger partial charge in [-0.15, -0.1) is 11.3 Å². The number of nitrogens with zero attached hydrogens (tertiary/aromatic N) is 2. The third-order valence-corrected chi connectivity index (χ3v) is 6.07. The fraction of sp³-hybridized carbons (Fsp3) is 0.350. The maximum absolute atomic E-state index is 13.5. The zero-order chi connectivity index (χ0) is 19.8. The van der Waals surface area contributed by atoms with Crippen molar-refractivity contribution in [2.75, 3.05) is 0 Å². The Morgan fingerprint density at radius 3 is 2.71 bits per heavy atom. The molecule has 146 valence electrons. The zero-order valence-corrected chi connectivity index (χ0v) is 16.2. The lowest BCUT2D eigenvalue weighted by Gasteiger charge is -2.15. The van der Waals surface area contributed by atoms with Crippen molar-refractivity contribution in [3.8, 4) is 5.69 Å². The molecule has 0 bridgehead atoms. The summed E-state index contributed by atoms with van der Waals surface area (Å²) in [5, 5.41) is 4.69. The number of benzene rings is 1. The molecule has 6 nitrogen and oxygen atoms in total. The Morgan fingerprint density at radius 2 is 2.00 bits per heavy atom. The minimum atomic E-state index is -0.604. The number of carbonyl (C=O) groups excluding carboxylic acids is 1. The molecular weight excluding hydrogens is 381 g/mol. The van der Waals surface area contributed by atoms with Crippen molar-refractivity contribution in [1.29, 1.82) is 0 Å². The minimum absolute atomic E-state index is 0.145. The Bertz CT molecular complexity index is 1170. The zero-order valence-electron chi connectivity index (χ0n) is 15.4. The maximum Gasteiger partial charge on any atom is 0.336 e. The van der Waals surface area contributed by atoms with Crippen LogP contribution >= 0.6 is 11.3 Å². The van der Waals surface area contributed by atoms with E-state index in [2.05, 4.69) is 5.32 Å². The van der Waals surface area contributed by atoms with Crippen molar-refractivity contribution in [1.82, 2.24) is 14.5 Å². The van der Waals surface area contributed by atoms with Gasteiger partial charge in [-0.1, -0.05) is 12.8 Å². The van der Waals surface area contributed by atoms with Crippen LogP contribution in [-0.2, 0) is 11.3 Å². The molecule has 0 aliphatic heterocycles. The number of amides is 1. The van der Waals surface area contributed by atoms with Crippen LogP contribution in [-0.4, -0.2) is 21.1 Å². The summed E-state index contributed by atoms with van der Waals surface area (Å²) < 4.78 is 16.2. The quantitative estimate of drug-likeness (QED) is 0.731. The lowest BCUT2D eigenvalue weighted by atomic mass is 10.2. The average molecular weight is 401 g/mol. The minimum Gasteiger partial charge on any atom is -0.352 e. The summed E-state index contributed by atoms with van der Waals surface area (Å²) in [4.78, 5) is 38.6. The lowest BCUT2D eigenvalue weighted by molar-refractivity contribution is -0.122. The molecule has 28 heavy (non-hydrogen) atoms. The summed E-state index contributed by atoms with van der Waals surface area (Å²) in [6, 6.07) is 5.72. The first-order valence-corrected chi connectivity index (χ1v) is 10.1. The predicted octanol–water partition coefficient (Wildman–Crippen LogP) is 2.72. The number of hydrogen-bond donors (Lipinski definition) is 1. The Balaban J connectivity index is 1.82. The molecule has 4 rings (SSSR count). The van der Waals surface area contributed by atoms with E-state index in [1.807, 2.05) is 0 Å². The van der Waals surface area contributed by atoms with Crippen LogP contribution in [0, 0.1) is 12.7 Å². The highest BCUT2D eigenvalue weighted by molar-refractivity contribution is 7.17. The Labute approximate surface area is 164 Å². The number of nitrogens with one attached hydrogen (secondary N) is 1. The summed E-state index contributed by atoms with van der Waals surface area (Å²) in [5.74, 6) is -0.690. The van der Waals surface area contributed by atoms with Crippen LogP contribution in [0.1, 0.15) is 31.2 Å². The third-order valence-electron chi connectivity index (χ3n) is 5.18. The van der Waals surface area contributed by atoms with Crippen LogP contribution in [0.3, 0.4) is 0 Å². The largest absolute Gasteiger partial charge is 0.352 e. The molecule has 0 unspecified atom stereocenters. The number of hydrogen-bond acceptors (Lipinski definition) is 4. The van der Waals surface area contributed by atoms with Crippen molar-refractivity contribution in [3.05, 3.63) is 61.9 Å². The molecule has 0 atom stereocenters. The average Bonchev–Trinajstić information content (AvgIpc) is 3.32. The van der Waals surface area contributed by atoms with Crippen LogP contribution in [0.15, 0.2) is 39.2 Å². The van der Waals surface area contributed by atoms with Crippen LogP contribution in [0.2, 0.25) is 0 Å². The van der Waals surface area contributed by atoms with E-state index in [4.69, 9.17) is 0 Å².